The molecule has 0 aliphatic rings. The van der Waals surface area contributed by atoms with E-state index in [1.54, 1.807) is 0 Å². The van der Waals surface area contributed by atoms with Crippen LogP contribution in [-0.4, -0.2) is 240 Å². The zero-order chi connectivity index (χ0) is 83.7. The largest absolute Gasteiger partial charge is 0.481 e. The number of hydrogen-bond donors (Lipinski definition) is 8. The van der Waals surface area contributed by atoms with Gasteiger partial charge in [0.15, 0.2) is 17.3 Å². The molecule has 0 radical (unpaired) electrons. The first-order chi connectivity index (χ1) is 50.6. The predicted octanol–water partition coefficient (Wildman–Crippen LogP) is 9.18. The van der Waals surface area contributed by atoms with Gasteiger partial charge in [-0.15, -0.1) is 0 Å². The number of Topliss-reactive ketones (excluding diaryl/α,β-unsaturated/α-hetero) is 7. The molecule has 0 saturated heterocycles. The molecule has 109 heavy (non-hydrogen) atoms. The molecule has 3 amide bonds. The summed E-state index contributed by atoms with van der Waals surface area (Å²) in [6, 6.07) is -2.33. The van der Waals surface area contributed by atoms with Gasteiger partial charge in [0.25, 0.3) is 0 Å². The quantitative estimate of drug-likeness (QED) is 0.0263. The molecular formula is C80H145N5O24. The molecule has 0 unspecified atom stereocenters. The van der Waals surface area contributed by atoms with Crippen molar-refractivity contribution in [3.05, 3.63) is 0 Å². The lowest BCUT2D eigenvalue weighted by atomic mass is 9.89. The smallest absolute Gasteiger partial charge is 0.326 e. The number of carbonyl (C=O) groups excluding carboxylic acids is 10. The Labute approximate surface area is 651 Å². The van der Waals surface area contributed by atoms with Gasteiger partial charge in [0.05, 0.1) is 65.4 Å². The number of ether oxygens (including phenoxy) is 8. The van der Waals surface area contributed by atoms with Gasteiger partial charge < -0.3 is 79.8 Å². The summed E-state index contributed by atoms with van der Waals surface area (Å²) in [5.74, 6) is -5.89. The van der Waals surface area contributed by atoms with Gasteiger partial charge in [-0.1, -0.05) is 89.5 Å². The van der Waals surface area contributed by atoms with Crippen molar-refractivity contribution in [1.29, 1.82) is 0 Å². The third kappa shape index (κ3) is 72.1. The molecule has 8 N–H and O–H groups in total. The van der Waals surface area contributed by atoms with Gasteiger partial charge in [-0.2, -0.15) is 0 Å². The highest BCUT2D eigenvalue weighted by Crippen LogP contribution is 2.23. The van der Waals surface area contributed by atoms with Crippen molar-refractivity contribution < 1.29 is 116 Å². The van der Waals surface area contributed by atoms with E-state index in [4.69, 9.17) is 37.9 Å². The Kier molecular flexibility index (Phi) is 59.8. The first kappa shape index (κ1) is 107. The molecule has 29 nitrogen and oxygen atoms in total. The van der Waals surface area contributed by atoms with E-state index in [1.165, 1.54) is 0 Å². The maximum Gasteiger partial charge on any atom is 0.326 e. The van der Waals surface area contributed by atoms with Crippen LogP contribution < -0.4 is 26.6 Å². The van der Waals surface area contributed by atoms with Crippen molar-refractivity contribution in [2.24, 2.45) is 27.6 Å². The molecule has 0 rings (SSSR count). The van der Waals surface area contributed by atoms with Crippen LogP contribution in [0.15, 0.2) is 0 Å². The van der Waals surface area contributed by atoms with Gasteiger partial charge >= 0.3 is 17.9 Å². The van der Waals surface area contributed by atoms with E-state index < -0.39 is 58.1 Å². The van der Waals surface area contributed by atoms with Crippen LogP contribution in [-0.2, 0) is 100 Å². The van der Waals surface area contributed by atoms with E-state index in [0.717, 1.165) is 25.8 Å². The summed E-state index contributed by atoms with van der Waals surface area (Å²) in [6.45, 7) is 41.4. The molecule has 0 aromatic rings. The van der Waals surface area contributed by atoms with E-state index in [1.807, 2.05) is 83.1 Å². The first-order valence-electron chi connectivity index (χ1n) is 38.9. The summed E-state index contributed by atoms with van der Waals surface area (Å²) < 4.78 is 42.7. The Hall–Kier alpha value is -5.89. The SMILES string of the molecule is CC(C)(C)CCCCC(=O)N[C@@H](CCC(=O)CCCOCCOCC(=O)C(C)(C)C)C(=O)O.CC(C)(C)NCCCC(=O)CCCOCCOCC(=O)NCCOCCOCC(=O)C(C)(C)C.CC(C)(C)NCCCC(=O)C[C@@H](CCC(=O)N[C@@H](CCC(=O)CCCOCCOCC(=O)C(C)(C)C)C(=O)O)C(=O)O. The molecule has 0 saturated carbocycles. The molecule has 0 fully saturated rings. The first-order valence-corrected chi connectivity index (χ1v) is 38.9. The Morgan fingerprint density at radius 3 is 0.982 bits per heavy atom. The number of carboxylic acids is 3. The zero-order valence-corrected chi connectivity index (χ0v) is 69.9. The number of hydrogen-bond acceptors (Lipinski definition) is 23. The number of ketones is 7. The Bertz CT molecular complexity index is 2630. The molecule has 0 aromatic carbocycles. The average molecular weight is 1560 g/mol. The lowest BCUT2D eigenvalue weighted by Crippen LogP contribution is -2.41. The predicted molar refractivity (Wildman–Crippen MR) is 415 cm³/mol. The van der Waals surface area contributed by atoms with Gasteiger partial charge in [0.1, 0.15) is 61.6 Å². The molecule has 634 valence electrons. The summed E-state index contributed by atoms with van der Waals surface area (Å²) in [6.07, 6.45) is 7.33. The molecule has 0 bridgehead atoms. The van der Waals surface area contributed by atoms with Crippen LogP contribution in [0.3, 0.4) is 0 Å². The fourth-order valence-electron chi connectivity index (χ4n) is 9.08. The summed E-state index contributed by atoms with van der Waals surface area (Å²) >= 11 is 0. The van der Waals surface area contributed by atoms with Crippen LogP contribution in [0, 0.1) is 27.6 Å². The molecule has 3 atom stereocenters. The maximum absolute atomic E-state index is 12.3. The number of aliphatic carboxylic acids is 3. The number of rotatable bonds is 63. The number of unbranched alkanes of at least 4 members (excludes halogenated alkanes) is 1. The number of amides is 3. The maximum atomic E-state index is 12.3. The second-order valence-corrected chi connectivity index (χ2v) is 33.6. The van der Waals surface area contributed by atoms with E-state index >= 15 is 0 Å². The fraction of sp³-hybridized carbons (Fsp3) is 0.838. The lowest BCUT2D eigenvalue weighted by Gasteiger charge is -2.20. The van der Waals surface area contributed by atoms with Crippen LogP contribution >= 0.6 is 0 Å². The molecule has 0 heterocycles. The number of carboxylic acid groups (broad SMARTS) is 3. The Morgan fingerprint density at radius 1 is 0.303 bits per heavy atom. The van der Waals surface area contributed by atoms with Crippen molar-refractivity contribution in [2.45, 2.75) is 283 Å². The third-order valence-electron chi connectivity index (χ3n) is 16.1. The summed E-state index contributed by atoms with van der Waals surface area (Å²) in [4.78, 5) is 154. The molecule has 0 aromatic heterocycles. The summed E-state index contributed by atoms with van der Waals surface area (Å²) in [5, 5.41) is 42.4. The van der Waals surface area contributed by atoms with Crippen LogP contribution in [0.5, 0.6) is 0 Å². The van der Waals surface area contributed by atoms with Gasteiger partial charge in [0.2, 0.25) is 17.7 Å². The van der Waals surface area contributed by atoms with Crippen molar-refractivity contribution in [2.75, 3.05) is 125 Å². The van der Waals surface area contributed by atoms with E-state index in [0.29, 0.717) is 131 Å². The highest BCUT2D eigenvalue weighted by molar-refractivity contribution is 5.88. The molecule has 0 aliphatic carbocycles. The van der Waals surface area contributed by atoms with Crippen molar-refractivity contribution >= 4 is 76.1 Å². The molecule has 29 heteroatoms. The minimum absolute atomic E-state index is 0.00381. The van der Waals surface area contributed by atoms with E-state index in [9.17, 15) is 77.6 Å². The van der Waals surface area contributed by atoms with Gasteiger partial charge in [-0.25, -0.2) is 9.59 Å². The Balaban J connectivity index is -0.00000156. The van der Waals surface area contributed by atoms with Crippen molar-refractivity contribution in [1.82, 2.24) is 26.6 Å². The fourth-order valence-corrected chi connectivity index (χ4v) is 9.08. The minimum atomic E-state index is -1.29. The van der Waals surface area contributed by atoms with Crippen LogP contribution in [0.25, 0.3) is 0 Å². The standard InChI is InChI=1S/C30H52N2O10.C25H48N2O7.C25H45NO7/c1-29(2,3)25(35)20-42-18-17-41-16-8-10-22(33)12-13-24(28(39)40)32-26(36)14-11-21(27(37)38)19-23(34)9-7-15-31-30(4,5)6;1-24(2,3)22(29)19-33-17-16-32-14-12-26-23(30)20-34-18-15-31-13-8-10-21(28)9-7-11-27-25(4,5)6;1-24(2,3)14-8-7-11-22(29)26-20(23(30)31)13-12-19(27)10-9-15-32-16-17-33-18-21(28)25(4,5)6/h21,24,31H,7-20H2,1-6H3,(H,32,36)(H,37,38)(H,39,40);27H,7-20H2,1-6H3,(H,26,30);20H,7-18H2,1-6H3,(H,26,29)(H,30,31)/t21-,24+;;20-/m1.0/s1. The number of carbonyl (C=O) groups is 13. The van der Waals surface area contributed by atoms with E-state index in [-0.39, 0.29) is 173 Å². The summed E-state index contributed by atoms with van der Waals surface area (Å²) in [5.41, 5.74) is -1.06. The second kappa shape index (κ2) is 60.7. The normalized spacial score (nSPS) is 12.8. The second-order valence-electron chi connectivity index (χ2n) is 33.6. The Morgan fingerprint density at radius 2 is 0.633 bits per heavy atom. The van der Waals surface area contributed by atoms with Crippen molar-refractivity contribution in [3.63, 3.8) is 0 Å². The third-order valence-corrected chi connectivity index (χ3v) is 16.1. The molecular weight excluding hydrogens is 1410 g/mol. The monoisotopic (exact) mass is 1560 g/mol. The average Bonchev–Trinajstić information content (AvgIpc) is 0.934. The van der Waals surface area contributed by atoms with Gasteiger partial charge in [-0.05, 0) is 124 Å². The van der Waals surface area contributed by atoms with Crippen LogP contribution in [0.1, 0.15) is 259 Å². The highest BCUT2D eigenvalue weighted by Gasteiger charge is 2.28. The summed E-state index contributed by atoms with van der Waals surface area (Å²) in [7, 11) is 0. The minimum Gasteiger partial charge on any atom is -0.481 e. The van der Waals surface area contributed by atoms with Crippen molar-refractivity contribution in [3.8, 4) is 0 Å². The molecule has 0 spiro atoms. The van der Waals surface area contributed by atoms with E-state index in [2.05, 4.69) is 68.1 Å². The zero-order valence-electron chi connectivity index (χ0n) is 69.9. The van der Waals surface area contributed by atoms with Crippen LogP contribution in [0.4, 0.5) is 0 Å². The molecule has 0 aliphatic heterocycles. The van der Waals surface area contributed by atoms with Gasteiger partial charge in [-0.3, -0.25) is 52.7 Å². The van der Waals surface area contributed by atoms with Crippen LogP contribution in [0.2, 0.25) is 0 Å². The lowest BCUT2D eigenvalue weighted by molar-refractivity contribution is -0.145. The van der Waals surface area contributed by atoms with Gasteiger partial charge in [0, 0.05) is 118 Å². The topological polar surface area (TPSA) is 417 Å². The highest BCUT2D eigenvalue weighted by atomic mass is 16.5. The number of nitrogens with one attached hydrogen (secondary N) is 5.